The summed E-state index contributed by atoms with van der Waals surface area (Å²) in [7, 11) is 0. The summed E-state index contributed by atoms with van der Waals surface area (Å²) in [6.45, 7) is 3.27. The molecule has 4 heteroatoms. The number of anilines is 1. The van der Waals surface area contributed by atoms with Crippen molar-refractivity contribution in [1.82, 2.24) is 4.90 Å². The van der Waals surface area contributed by atoms with Crippen LogP contribution in [0.4, 0.5) is 5.69 Å². The van der Waals surface area contributed by atoms with Gasteiger partial charge in [0.2, 0.25) is 0 Å². The highest BCUT2D eigenvalue weighted by Gasteiger charge is 2.28. The maximum absolute atomic E-state index is 12.4. The molecule has 0 saturated carbocycles. The topological polar surface area (TPSA) is 72.4 Å². The Kier molecular flexibility index (Phi) is 3.33. The van der Waals surface area contributed by atoms with Gasteiger partial charge < -0.3 is 16.4 Å². The number of nitrogens with zero attached hydrogens (tertiary/aromatic N) is 1. The summed E-state index contributed by atoms with van der Waals surface area (Å²) < 4.78 is 0. The third-order valence-electron chi connectivity index (χ3n) is 3.40. The van der Waals surface area contributed by atoms with Gasteiger partial charge in [0.25, 0.3) is 5.91 Å². The number of benzene rings is 1. The molecular weight excluding hydrogens is 214 g/mol. The number of hydrogen-bond acceptors (Lipinski definition) is 3. The zero-order valence-corrected chi connectivity index (χ0v) is 10.1. The molecule has 0 spiro atoms. The minimum atomic E-state index is 0.0581. The Morgan fingerprint density at radius 2 is 2.29 bits per heavy atom. The number of carbonyl (C=O) groups is 1. The van der Waals surface area contributed by atoms with Crippen molar-refractivity contribution in [2.24, 2.45) is 5.73 Å². The van der Waals surface area contributed by atoms with Crippen LogP contribution in [0.15, 0.2) is 18.2 Å². The van der Waals surface area contributed by atoms with Crippen molar-refractivity contribution in [3.8, 4) is 0 Å². The number of nitrogen functional groups attached to an aromatic ring is 1. The average Bonchev–Trinajstić information content (AvgIpc) is 2.79. The lowest BCUT2D eigenvalue weighted by Crippen LogP contribution is -2.40. The monoisotopic (exact) mass is 233 g/mol. The van der Waals surface area contributed by atoms with E-state index in [4.69, 9.17) is 11.5 Å². The smallest absolute Gasteiger partial charge is 0.254 e. The van der Waals surface area contributed by atoms with E-state index >= 15 is 0 Å². The first-order valence-corrected chi connectivity index (χ1v) is 6.00. The summed E-state index contributed by atoms with van der Waals surface area (Å²) in [5.41, 5.74) is 13.7. The Balaban J connectivity index is 2.27. The number of rotatable bonds is 2. The molecule has 1 fully saturated rings. The molecule has 0 radical (unpaired) electrons. The molecule has 1 aromatic carbocycles. The predicted octanol–water partition coefficient (Wildman–Crippen LogP) is 1.14. The van der Waals surface area contributed by atoms with Gasteiger partial charge in [-0.25, -0.2) is 0 Å². The van der Waals surface area contributed by atoms with E-state index in [1.165, 1.54) is 0 Å². The van der Waals surface area contributed by atoms with Gasteiger partial charge in [0, 0.05) is 30.4 Å². The van der Waals surface area contributed by atoms with E-state index < -0.39 is 0 Å². The fourth-order valence-corrected chi connectivity index (χ4v) is 2.37. The second-order valence-corrected chi connectivity index (χ2v) is 4.60. The van der Waals surface area contributed by atoms with E-state index in [0.717, 1.165) is 24.9 Å². The molecule has 2 rings (SSSR count). The van der Waals surface area contributed by atoms with Crippen molar-refractivity contribution in [3.63, 3.8) is 0 Å². The number of nitrogens with two attached hydrogens (primary N) is 2. The van der Waals surface area contributed by atoms with E-state index in [-0.39, 0.29) is 11.9 Å². The molecule has 1 amide bonds. The van der Waals surface area contributed by atoms with E-state index in [1.54, 1.807) is 6.07 Å². The van der Waals surface area contributed by atoms with Gasteiger partial charge in [0.1, 0.15) is 0 Å². The standard InChI is InChI=1S/C13H19N3O/c1-9-4-5-10(15)7-12(9)13(17)16-6-2-3-11(16)8-14/h4-5,7,11H,2-3,6,8,14-15H2,1H3. The van der Waals surface area contributed by atoms with Crippen molar-refractivity contribution >= 4 is 11.6 Å². The lowest BCUT2D eigenvalue weighted by Gasteiger charge is -2.24. The first-order chi connectivity index (χ1) is 8.13. The molecule has 4 N–H and O–H groups in total. The Labute approximate surface area is 102 Å². The Morgan fingerprint density at radius 1 is 1.53 bits per heavy atom. The van der Waals surface area contributed by atoms with Crippen LogP contribution in [0.25, 0.3) is 0 Å². The predicted molar refractivity (Wildman–Crippen MR) is 68.7 cm³/mol. The molecule has 4 nitrogen and oxygen atoms in total. The number of carbonyl (C=O) groups excluding carboxylic acids is 1. The normalized spacial score (nSPS) is 19.6. The Bertz CT molecular complexity index is 431. The maximum Gasteiger partial charge on any atom is 0.254 e. The van der Waals surface area contributed by atoms with Gasteiger partial charge in [-0.05, 0) is 37.5 Å². The van der Waals surface area contributed by atoms with Crippen molar-refractivity contribution < 1.29 is 4.79 Å². The lowest BCUT2D eigenvalue weighted by molar-refractivity contribution is 0.0740. The van der Waals surface area contributed by atoms with Crippen LogP contribution in [0.5, 0.6) is 0 Å². The third-order valence-corrected chi connectivity index (χ3v) is 3.40. The molecule has 1 aromatic rings. The van der Waals surface area contributed by atoms with Gasteiger partial charge in [-0.15, -0.1) is 0 Å². The first kappa shape index (κ1) is 11.9. The summed E-state index contributed by atoms with van der Waals surface area (Å²) in [6, 6.07) is 5.64. The molecule has 1 heterocycles. The second-order valence-electron chi connectivity index (χ2n) is 4.60. The SMILES string of the molecule is Cc1ccc(N)cc1C(=O)N1CCCC1CN. The van der Waals surface area contributed by atoms with Crippen LogP contribution in [-0.4, -0.2) is 29.9 Å². The van der Waals surface area contributed by atoms with E-state index in [0.29, 0.717) is 17.8 Å². The highest BCUT2D eigenvalue weighted by atomic mass is 16.2. The largest absolute Gasteiger partial charge is 0.399 e. The van der Waals surface area contributed by atoms with E-state index in [2.05, 4.69) is 0 Å². The first-order valence-electron chi connectivity index (χ1n) is 6.00. The van der Waals surface area contributed by atoms with Crippen LogP contribution in [0.2, 0.25) is 0 Å². The molecule has 0 aromatic heterocycles. The fourth-order valence-electron chi connectivity index (χ4n) is 2.37. The molecule has 1 atom stereocenters. The summed E-state index contributed by atoms with van der Waals surface area (Å²) in [5, 5.41) is 0. The lowest BCUT2D eigenvalue weighted by atomic mass is 10.1. The minimum Gasteiger partial charge on any atom is -0.399 e. The van der Waals surface area contributed by atoms with Crippen molar-refractivity contribution in [1.29, 1.82) is 0 Å². The molecule has 92 valence electrons. The Morgan fingerprint density at radius 3 is 3.00 bits per heavy atom. The molecule has 1 saturated heterocycles. The minimum absolute atomic E-state index is 0.0581. The summed E-state index contributed by atoms with van der Waals surface area (Å²) in [4.78, 5) is 14.3. The second kappa shape index (κ2) is 4.75. The third kappa shape index (κ3) is 2.26. The van der Waals surface area contributed by atoms with Gasteiger partial charge in [0.15, 0.2) is 0 Å². The summed E-state index contributed by atoms with van der Waals surface area (Å²) >= 11 is 0. The van der Waals surface area contributed by atoms with E-state index in [9.17, 15) is 4.79 Å². The van der Waals surface area contributed by atoms with Gasteiger partial charge in [-0.3, -0.25) is 4.79 Å². The highest BCUT2D eigenvalue weighted by Crippen LogP contribution is 2.22. The van der Waals surface area contributed by atoms with Gasteiger partial charge in [-0.1, -0.05) is 6.07 Å². The highest BCUT2D eigenvalue weighted by molar-refractivity contribution is 5.96. The zero-order valence-electron chi connectivity index (χ0n) is 10.1. The average molecular weight is 233 g/mol. The molecule has 1 aliphatic heterocycles. The molecule has 17 heavy (non-hydrogen) atoms. The van der Waals surface area contributed by atoms with Crippen LogP contribution in [-0.2, 0) is 0 Å². The quantitative estimate of drug-likeness (QED) is 0.752. The maximum atomic E-state index is 12.4. The molecule has 0 aliphatic carbocycles. The number of aryl methyl sites for hydroxylation is 1. The van der Waals surface area contributed by atoms with Gasteiger partial charge in [0.05, 0.1) is 0 Å². The molecule has 0 bridgehead atoms. The van der Waals surface area contributed by atoms with Crippen molar-refractivity contribution in [2.75, 3.05) is 18.8 Å². The van der Waals surface area contributed by atoms with Crippen LogP contribution < -0.4 is 11.5 Å². The van der Waals surface area contributed by atoms with Crippen molar-refractivity contribution in [2.45, 2.75) is 25.8 Å². The number of hydrogen-bond donors (Lipinski definition) is 2. The van der Waals surface area contributed by atoms with Crippen LogP contribution >= 0.6 is 0 Å². The van der Waals surface area contributed by atoms with Crippen LogP contribution in [0, 0.1) is 6.92 Å². The van der Waals surface area contributed by atoms with Crippen molar-refractivity contribution in [3.05, 3.63) is 29.3 Å². The van der Waals surface area contributed by atoms with Crippen LogP contribution in [0.3, 0.4) is 0 Å². The van der Waals surface area contributed by atoms with Gasteiger partial charge in [-0.2, -0.15) is 0 Å². The molecular formula is C13H19N3O. The van der Waals surface area contributed by atoms with Gasteiger partial charge >= 0.3 is 0 Å². The summed E-state index contributed by atoms with van der Waals surface area (Å²) in [5.74, 6) is 0.0581. The fraction of sp³-hybridized carbons (Fsp3) is 0.462. The zero-order chi connectivity index (χ0) is 12.4. The number of amides is 1. The Hall–Kier alpha value is -1.55. The molecule has 1 aliphatic rings. The molecule has 1 unspecified atom stereocenters. The number of likely N-dealkylation sites (tertiary alicyclic amines) is 1. The summed E-state index contributed by atoms with van der Waals surface area (Å²) in [6.07, 6.45) is 2.04. The van der Waals surface area contributed by atoms with Crippen LogP contribution in [0.1, 0.15) is 28.8 Å². The van der Waals surface area contributed by atoms with E-state index in [1.807, 2.05) is 24.0 Å².